The standard InChI is InChI=1S/2C29H40N2O4.3C4H6O5/c2*1-5-22(3)35-27(33)18-30-28(34)24(16-23-10-7-6-8-11-23)20-31-15-14-29(4,21(2)19-31)25-12-9-13-26(32)17-25;3*5-2(4(8)9)1-3(6)7/h2*6-13,17,21-22,24,32H,5,14-16,18-20H2,1-4H3,(H,30,34);3*2,5H,1H2,(H,6,7)(H,8,9)/t2*21-,22?,24-,29+;;;/m00.../s1. The molecular formula is C70H98N4O23. The van der Waals surface area contributed by atoms with Crippen LogP contribution < -0.4 is 10.6 Å². The number of aliphatic carboxylic acids is 6. The number of carboxylic acid groups (broad SMARTS) is 6. The van der Waals surface area contributed by atoms with Gasteiger partial charge in [0.15, 0.2) is 18.3 Å². The minimum atomic E-state index is -1.79. The number of nitrogens with one attached hydrogen (secondary N) is 2. The van der Waals surface area contributed by atoms with E-state index in [0.717, 1.165) is 74.1 Å². The highest BCUT2D eigenvalue weighted by Crippen LogP contribution is 2.42. The van der Waals surface area contributed by atoms with E-state index in [1.807, 2.05) is 113 Å². The second-order valence-corrected chi connectivity index (χ2v) is 24.7. The predicted octanol–water partition coefficient (Wildman–Crippen LogP) is 5.34. The molecule has 6 rings (SSSR count). The number of aliphatic hydroxyl groups is 3. The van der Waals surface area contributed by atoms with Gasteiger partial charge in [0.1, 0.15) is 24.6 Å². The zero-order valence-electron chi connectivity index (χ0n) is 56.3. The number of phenols is 2. The van der Waals surface area contributed by atoms with Gasteiger partial charge in [-0.2, -0.15) is 0 Å². The lowest BCUT2D eigenvalue weighted by Gasteiger charge is -2.45. The number of amides is 2. The van der Waals surface area contributed by atoms with Crippen molar-refractivity contribution in [3.8, 4) is 11.5 Å². The van der Waals surface area contributed by atoms with E-state index in [-0.39, 0.29) is 59.8 Å². The van der Waals surface area contributed by atoms with Gasteiger partial charge < -0.3 is 86.1 Å². The Labute approximate surface area is 565 Å². The van der Waals surface area contributed by atoms with Crippen LogP contribution in [0, 0.1) is 23.7 Å². The number of phenolic OH excluding ortho intramolecular Hbond substituents is 2. The number of rotatable bonds is 29. The Morgan fingerprint density at radius 2 is 0.804 bits per heavy atom. The van der Waals surface area contributed by atoms with Crippen LogP contribution in [-0.4, -0.2) is 208 Å². The fourth-order valence-electron chi connectivity index (χ4n) is 10.5. The Balaban J connectivity index is 0.000000479. The normalized spacial score (nSPS) is 19.5. The van der Waals surface area contributed by atoms with Crippen molar-refractivity contribution in [2.45, 2.75) is 155 Å². The molecule has 13 N–H and O–H groups in total. The van der Waals surface area contributed by atoms with Gasteiger partial charge in [-0.15, -0.1) is 0 Å². The fraction of sp³-hybridized carbons (Fsp3) is 0.514. The number of ether oxygens (including phenoxy) is 2. The molecule has 97 heavy (non-hydrogen) atoms. The molecule has 27 heteroatoms. The van der Waals surface area contributed by atoms with Crippen molar-refractivity contribution in [1.29, 1.82) is 0 Å². The zero-order chi connectivity index (χ0) is 73.2. The molecular weight excluding hydrogens is 1260 g/mol. The maximum atomic E-state index is 13.2. The van der Waals surface area contributed by atoms with Gasteiger partial charge in [-0.25, -0.2) is 14.4 Å². The Morgan fingerprint density at radius 3 is 1.05 bits per heavy atom. The average Bonchev–Trinajstić information content (AvgIpc) is 0.805. The minimum Gasteiger partial charge on any atom is -0.508 e. The lowest BCUT2D eigenvalue weighted by atomic mass is 9.68. The first-order valence-electron chi connectivity index (χ1n) is 32.0. The van der Waals surface area contributed by atoms with Crippen molar-refractivity contribution in [2.24, 2.45) is 23.7 Å². The molecule has 11 atom stereocenters. The summed E-state index contributed by atoms with van der Waals surface area (Å²) in [7, 11) is 0. The summed E-state index contributed by atoms with van der Waals surface area (Å²) in [4.78, 5) is 114. The molecule has 4 aromatic rings. The Morgan fingerprint density at radius 1 is 0.495 bits per heavy atom. The third-order valence-corrected chi connectivity index (χ3v) is 17.1. The molecule has 0 spiro atoms. The van der Waals surface area contributed by atoms with Crippen molar-refractivity contribution >= 4 is 59.6 Å². The van der Waals surface area contributed by atoms with Crippen LogP contribution in [0.2, 0.25) is 0 Å². The van der Waals surface area contributed by atoms with E-state index in [4.69, 9.17) is 55.4 Å². The molecule has 2 amide bonds. The highest BCUT2D eigenvalue weighted by molar-refractivity contribution is 5.85. The van der Waals surface area contributed by atoms with Crippen LogP contribution in [0.15, 0.2) is 109 Å². The topological polar surface area (TPSA) is 442 Å². The lowest BCUT2D eigenvalue weighted by Crippen LogP contribution is -2.50. The van der Waals surface area contributed by atoms with E-state index in [1.165, 1.54) is 0 Å². The molecule has 2 aliphatic rings. The van der Waals surface area contributed by atoms with Crippen molar-refractivity contribution in [3.63, 3.8) is 0 Å². The molecule has 2 fully saturated rings. The highest BCUT2D eigenvalue weighted by Gasteiger charge is 2.41. The SMILES string of the molecule is CCC(C)OC(=O)CNC(=O)[C@@H](Cc1ccccc1)CN1CC[C@@](C)(c2cccc(O)c2)[C@@H](C)C1.CCC(C)OC(=O)CNC(=O)[C@@H](Cc1ccccc1)CN1CC[C@@](C)(c2cccc(O)c2)[C@@H](C)C1.O=C(O)CC(O)C(=O)O.O=C(O)CC(O)C(=O)O.O=C(O)CC(O)C(=O)O. The van der Waals surface area contributed by atoms with Gasteiger partial charge in [0.05, 0.1) is 43.3 Å². The maximum absolute atomic E-state index is 13.2. The number of piperidine rings is 2. The molecule has 2 aliphatic heterocycles. The average molecular weight is 1360 g/mol. The Hall–Kier alpha value is -9.02. The van der Waals surface area contributed by atoms with Gasteiger partial charge in [0, 0.05) is 26.2 Å². The molecule has 5 unspecified atom stereocenters. The van der Waals surface area contributed by atoms with E-state index >= 15 is 0 Å². The smallest absolute Gasteiger partial charge is 0.333 e. The zero-order valence-corrected chi connectivity index (χ0v) is 56.3. The summed E-state index contributed by atoms with van der Waals surface area (Å²) < 4.78 is 10.6. The monoisotopic (exact) mass is 1360 g/mol. The van der Waals surface area contributed by atoms with Gasteiger partial charge in [-0.1, -0.05) is 126 Å². The van der Waals surface area contributed by atoms with Crippen LogP contribution in [0.1, 0.15) is 123 Å². The van der Waals surface area contributed by atoms with Gasteiger partial charge >= 0.3 is 47.8 Å². The summed E-state index contributed by atoms with van der Waals surface area (Å²) in [6.45, 7) is 21.1. The molecule has 2 heterocycles. The van der Waals surface area contributed by atoms with E-state index < -0.39 is 85.3 Å². The number of benzene rings is 4. The fourth-order valence-corrected chi connectivity index (χ4v) is 10.5. The third kappa shape index (κ3) is 31.6. The number of nitrogens with zero attached hydrogens (tertiary/aromatic N) is 2. The molecule has 0 saturated carbocycles. The Kier molecular flexibility index (Phi) is 36.8. The third-order valence-electron chi connectivity index (χ3n) is 17.1. The summed E-state index contributed by atoms with van der Waals surface area (Å²) in [6.07, 6.45) is -3.35. The van der Waals surface area contributed by atoms with Gasteiger partial charge in [-0.05, 0) is 135 Å². The number of carbonyl (C=O) groups is 10. The number of esters is 2. The largest absolute Gasteiger partial charge is 0.508 e. The first-order valence-corrected chi connectivity index (χ1v) is 32.0. The predicted molar refractivity (Wildman–Crippen MR) is 354 cm³/mol. The number of hydrogen-bond donors (Lipinski definition) is 13. The number of carboxylic acids is 6. The van der Waals surface area contributed by atoms with Crippen LogP contribution in [0.4, 0.5) is 0 Å². The number of aromatic hydroxyl groups is 2. The molecule has 2 saturated heterocycles. The van der Waals surface area contributed by atoms with E-state index in [9.17, 15) is 58.2 Å². The molecule has 0 aromatic heterocycles. The number of carbonyl (C=O) groups excluding carboxylic acids is 4. The van der Waals surface area contributed by atoms with Gasteiger partial charge in [0.2, 0.25) is 11.8 Å². The van der Waals surface area contributed by atoms with Crippen molar-refractivity contribution in [1.82, 2.24) is 20.4 Å². The second kappa shape index (κ2) is 42.5. The number of likely N-dealkylation sites (tertiary alicyclic amines) is 2. The molecule has 27 nitrogen and oxygen atoms in total. The second-order valence-electron chi connectivity index (χ2n) is 24.7. The molecule has 4 aromatic carbocycles. The molecule has 0 aliphatic carbocycles. The van der Waals surface area contributed by atoms with Crippen LogP contribution >= 0.6 is 0 Å². The minimum absolute atomic E-state index is 0.0356. The first-order chi connectivity index (χ1) is 45.5. The van der Waals surface area contributed by atoms with E-state index in [1.54, 1.807) is 12.1 Å². The quantitative estimate of drug-likeness (QED) is 0.0305. The van der Waals surface area contributed by atoms with Crippen LogP contribution in [-0.2, 0) is 81.1 Å². The molecule has 0 radical (unpaired) electrons. The summed E-state index contributed by atoms with van der Waals surface area (Å²) in [6, 6.07) is 35.2. The summed E-state index contributed by atoms with van der Waals surface area (Å²) in [5, 5.41) is 98.0. The highest BCUT2D eigenvalue weighted by atomic mass is 16.5. The van der Waals surface area contributed by atoms with Crippen molar-refractivity contribution < 1.29 is 114 Å². The Bertz CT molecular complexity index is 2920. The van der Waals surface area contributed by atoms with Crippen molar-refractivity contribution in [3.05, 3.63) is 131 Å². The molecule has 0 bridgehead atoms. The number of hydrogen-bond acceptors (Lipinski definition) is 19. The number of aliphatic hydroxyl groups excluding tert-OH is 3. The van der Waals surface area contributed by atoms with Crippen LogP contribution in [0.25, 0.3) is 0 Å². The van der Waals surface area contributed by atoms with E-state index in [0.29, 0.717) is 49.3 Å². The van der Waals surface area contributed by atoms with Crippen LogP contribution in [0.3, 0.4) is 0 Å². The maximum Gasteiger partial charge on any atom is 0.333 e. The summed E-state index contributed by atoms with van der Waals surface area (Å²) >= 11 is 0. The van der Waals surface area contributed by atoms with Crippen LogP contribution in [0.5, 0.6) is 11.5 Å². The van der Waals surface area contributed by atoms with E-state index in [2.05, 4.69) is 60.3 Å². The summed E-state index contributed by atoms with van der Waals surface area (Å²) in [5.74, 6) is -8.83. The molecule has 536 valence electrons. The van der Waals surface area contributed by atoms with Gasteiger partial charge in [-0.3, -0.25) is 33.6 Å². The van der Waals surface area contributed by atoms with Crippen molar-refractivity contribution in [2.75, 3.05) is 52.4 Å². The lowest BCUT2D eigenvalue weighted by molar-refractivity contribution is -0.153. The van der Waals surface area contributed by atoms with Gasteiger partial charge in [0.25, 0.3) is 0 Å². The first kappa shape index (κ1) is 84.1. The summed E-state index contributed by atoms with van der Waals surface area (Å²) in [5.41, 5.74) is 4.44.